The highest BCUT2D eigenvalue weighted by Crippen LogP contribution is 2.36. The highest BCUT2D eigenvalue weighted by Gasteiger charge is 2.38. The van der Waals surface area contributed by atoms with Gasteiger partial charge >= 0.3 is 0 Å². The van der Waals surface area contributed by atoms with Crippen LogP contribution < -0.4 is 5.32 Å². The first-order valence-electron chi connectivity index (χ1n) is 6.84. The normalized spacial score (nSPS) is 16.0. The van der Waals surface area contributed by atoms with E-state index in [1.807, 2.05) is 0 Å². The number of amides is 1. The van der Waals surface area contributed by atoms with E-state index in [4.69, 9.17) is 6.42 Å². The minimum atomic E-state index is -0.638. The summed E-state index contributed by atoms with van der Waals surface area (Å²) in [7, 11) is 0. The van der Waals surface area contributed by atoms with E-state index >= 15 is 0 Å². The molecule has 110 valence electrons. The van der Waals surface area contributed by atoms with Crippen LogP contribution in [-0.2, 0) is 4.79 Å². The number of nitrogens with one attached hydrogen (secondary N) is 1. The lowest BCUT2D eigenvalue weighted by molar-refractivity contribution is -0.122. The minimum Gasteiger partial charge on any atom is -0.355 e. The molecule has 2 rings (SSSR count). The lowest BCUT2D eigenvalue weighted by Gasteiger charge is -2.14. The number of rotatable bonds is 7. The fourth-order valence-corrected chi connectivity index (χ4v) is 2.05. The SMILES string of the molecule is C#CCCC1(CCNC(=O)C(C)c2ncccc2F)N=N1. The quantitative estimate of drug-likeness (QED) is 0.783. The molecule has 5 nitrogen and oxygen atoms in total. The Kier molecular flexibility index (Phi) is 4.63. The molecule has 0 bridgehead atoms. The molecule has 1 amide bonds. The van der Waals surface area contributed by atoms with Crippen LogP contribution in [0.25, 0.3) is 0 Å². The molecule has 0 aromatic carbocycles. The maximum absolute atomic E-state index is 13.6. The summed E-state index contributed by atoms with van der Waals surface area (Å²) in [5.74, 6) is 1.18. The molecule has 1 aliphatic rings. The summed E-state index contributed by atoms with van der Waals surface area (Å²) in [5.41, 5.74) is -0.267. The van der Waals surface area contributed by atoms with Crippen molar-refractivity contribution in [3.05, 3.63) is 29.8 Å². The maximum Gasteiger partial charge on any atom is 0.228 e. The molecule has 0 aliphatic carbocycles. The van der Waals surface area contributed by atoms with Gasteiger partial charge in [-0.05, 0) is 19.1 Å². The van der Waals surface area contributed by atoms with Crippen molar-refractivity contribution in [3.63, 3.8) is 0 Å². The molecule has 1 unspecified atom stereocenters. The molecule has 1 atom stereocenters. The lowest BCUT2D eigenvalue weighted by atomic mass is 10.0. The van der Waals surface area contributed by atoms with Crippen molar-refractivity contribution in [2.75, 3.05) is 6.54 Å². The van der Waals surface area contributed by atoms with Crippen molar-refractivity contribution in [3.8, 4) is 12.3 Å². The molecular formula is C15H17FN4O. The Morgan fingerprint density at radius 3 is 2.90 bits per heavy atom. The Balaban J connectivity index is 1.80. The first-order valence-corrected chi connectivity index (χ1v) is 6.84. The average molecular weight is 288 g/mol. The van der Waals surface area contributed by atoms with E-state index in [9.17, 15) is 9.18 Å². The lowest BCUT2D eigenvalue weighted by Crippen LogP contribution is -2.32. The first kappa shape index (κ1) is 15.1. The summed E-state index contributed by atoms with van der Waals surface area (Å²) in [6.07, 6.45) is 8.60. The monoisotopic (exact) mass is 288 g/mol. The van der Waals surface area contributed by atoms with E-state index in [0.29, 0.717) is 25.8 Å². The van der Waals surface area contributed by atoms with Crippen LogP contribution in [0.15, 0.2) is 28.6 Å². The predicted molar refractivity (Wildman–Crippen MR) is 75.9 cm³/mol. The zero-order chi connectivity index (χ0) is 15.3. The molecule has 0 saturated carbocycles. The molecule has 0 fully saturated rings. The average Bonchev–Trinajstić information content (AvgIpc) is 3.25. The number of carbonyl (C=O) groups is 1. The number of hydrogen-bond donors (Lipinski definition) is 1. The highest BCUT2D eigenvalue weighted by molar-refractivity contribution is 5.82. The summed E-state index contributed by atoms with van der Waals surface area (Å²) < 4.78 is 13.6. The minimum absolute atomic E-state index is 0.151. The Labute approximate surface area is 123 Å². The van der Waals surface area contributed by atoms with E-state index < -0.39 is 17.4 Å². The van der Waals surface area contributed by atoms with E-state index in [1.165, 1.54) is 18.3 Å². The molecule has 0 saturated heterocycles. The zero-order valence-electron chi connectivity index (χ0n) is 11.8. The number of carbonyl (C=O) groups excluding carboxylic acids is 1. The van der Waals surface area contributed by atoms with Gasteiger partial charge in [-0.15, -0.1) is 12.3 Å². The van der Waals surface area contributed by atoms with Crippen LogP contribution in [0.4, 0.5) is 4.39 Å². The van der Waals surface area contributed by atoms with Gasteiger partial charge in [0.05, 0.1) is 11.6 Å². The predicted octanol–water partition coefficient (Wildman–Crippen LogP) is 2.41. The van der Waals surface area contributed by atoms with Crippen molar-refractivity contribution in [2.24, 2.45) is 10.2 Å². The van der Waals surface area contributed by atoms with Crippen LogP contribution in [0.5, 0.6) is 0 Å². The third kappa shape index (κ3) is 3.85. The van der Waals surface area contributed by atoms with Gasteiger partial charge in [0.25, 0.3) is 0 Å². The molecule has 1 aromatic rings. The Morgan fingerprint density at radius 2 is 2.29 bits per heavy atom. The van der Waals surface area contributed by atoms with Gasteiger partial charge < -0.3 is 5.32 Å². The Morgan fingerprint density at radius 1 is 1.52 bits per heavy atom. The molecular weight excluding hydrogens is 271 g/mol. The molecule has 0 radical (unpaired) electrons. The van der Waals surface area contributed by atoms with Gasteiger partial charge in [0.1, 0.15) is 5.82 Å². The third-order valence-corrected chi connectivity index (χ3v) is 3.47. The standard InChI is InChI=1S/C15H17FN4O/c1-3-4-7-15(19-20-15)8-10-18-14(21)11(2)13-12(16)6-5-9-17-13/h1,5-6,9,11H,4,7-8,10H2,2H3,(H,18,21). The Hall–Kier alpha value is -2.29. The van der Waals surface area contributed by atoms with Gasteiger partial charge in [-0.25, -0.2) is 4.39 Å². The van der Waals surface area contributed by atoms with Crippen LogP contribution in [-0.4, -0.2) is 23.1 Å². The summed E-state index contributed by atoms with van der Waals surface area (Å²) in [4.78, 5) is 15.9. The largest absolute Gasteiger partial charge is 0.355 e. The van der Waals surface area contributed by atoms with Crippen molar-refractivity contribution in [1.82, 2.24) is 10.3 Å². The summed E-state index contributed by atoms with van der Waals surface area (Å²) in [5, 5.41) is 10.7. The number of pyridine rings is 1. The second-order valence-electron chi connectivity index (χ2n) is 5.02. The van der Waals surface area contributed by atoms with Crippen LogP contribution in [0.2, 0.25) is 0 Å². The summed E-state index contributed by atoms with van der Waals surface area (Å²) in [6.45, 7) is 2.05. The molecule has 1 aromatic heterocycles. The van der Waals surface area contributed by atoms with Crippen LogP contribution in [0.3, 0.4) is 0 Å². The number of halogens is 1. The second-order valence-corrected chi connectivity index (χ2v) is 5.02. The van der Waals surface area contributed by atoms with Crippen LogP contribution in [0, 0.1) is 18.2 Å². The second kappa shape index (κ2) is 6.44. The molecule has 1 N–H and O–H groups in total. The molecule has 2 heterocycles. The van der Waals surface area contributed by atoms with Crippen LogP contribution >= 0.6 is 0 Å². The van der Waals surface area contributed by atoms with Gasteiger partial charge in [0.2, 0.25) is 5.91 Å². The smallest absolute Gasteiger partial charge is 0.228 e. The number of terminal acetylenes is 1. The van der Waals surface area contributed by atoms with Crippen molar-refractivity contribution in [1.29, 1.82) is 0 Å². The first-order chi connectivity index (χ1) is 10.1. The molecule has 21 heavy (non-hydrogen) atoms. The van der Waals surface area contributed by atoms with Gasteiger partial charge in [-0.1, -0.05) is 0 Å². The zero-order valence-corrected chi connectivity index (χ0v) is 11.8. The highest BCUT2D eigenvalue weighted by atomic mass is 19.1. The van der Waals surface area contributed by atoms with Crippen molar-refractivity contribution in [2.45, 2.75) is 37.8 Å². The van der Waals surface area contributed by atoms with Gasteiger partial charge in [-0.3, -0.25) is 9.78 Å². The molecule has 6 heteroatoms. The third-order valence-electron chi connectivity index (χ3n) is 3.47. The van der Waals surface area contributed by atoms with Gasteiger partial charge in [0.15, 0.2) is 5.66 Å². The number of nitrogens with zero attached hydrogens (tertiary/aromatic N) is 3. The van der Waals surface area contributed by atoms with E-state index in [0.717, 1.165) is 0 Å². The van der Waals surface area contributed by atoms with Gasteiger partial charge in [0, 0.05) is 32.0 Å². The number of hydrogen-bond acceptors (Lipinski definition) is 4. The Bertz CT molecular complexity index is 588. The fourth-order valence-electron chi connectivity index (χ4n) is 2.05. The van der Waals surface area contributed by atoms with Crippen LogP contribution in [0.1, 0.15) is 37.8 Å². The van der Waals surface area contributed by atoms with Crippen molar-refractivity contribution >= 4 is 5.91 Å². The van der Waals surface area contributed by atoms with E-state index in [-0.39, 0.29) is 11.6 Å². The summed E-state index contributed by atoms with van der Waals surface area (Å²) >= 11 is 0. The molecule has 0 spiro atoms. The summed E-state index contributed by atoms with van der Waals surface area (Å²) in [6, 6.07) is 2.79. The van der Waals surface area contributed by atoms with Crippen molar-refractivity contribution < 1.29 is 9.18 Å². The van der Waals surface area contributed by atoms with Gasteiger partial charge in [-0.2, -0.15) is 10.2 Å². The topological polar surface area (TPSA) is 66.7 Å². The molecule has 1 aliphatic heterocycles. The van der Waals surface area contributed by atoms with E-state index in [1.54, 1.807) is 6.92 Å². The van der Waals surface area contributed by atoms with E-state index in [2.05, 4.69) is 26.4 Å². The fraction of sp³-hybridized carbons (Fsp3) is 0.467. The maximum atomic E-state index is 13.6. The number of aromatic nitrogens is 1.